The number of Topliss-reactive ketones (excluding diaryl/α,β-unsaturated/α-hetero) is 1. The Labute approximate surface area is 155 Å². The van der Waals surface area contributed by atoms with Crippen LogP contribution in [0.25, 0.3) is 5.57 Å². The molecule has 0 fully saturated rings. The van der Waals surface area contributed by atoms with E-state index in [-0.39, 0.29) is 5.78 Å². The molecule has 3 rings (SSSR count). The van der Waals surface area contributed by atoms with E-state index in [1.54, 1.807) is 55.6 Å². The Morgan fingerprint density at radius 1 is 1.12 bits per heavy atom. The quantitative estimate of drug-likeness (QED) is 0.466. The van der Waals surface area contributed by atoms with E-state index < -0.39 is 0 Å². The lowest BCUT2D eigenvalue weighted by Crippen LogP contribution is -2.05. The molecule has 4 nitrogen and oxygen atoms in total. The van der Waals surface area contributed by atoms with Crippen molar-refractivity contribution in [1.29, 1.82) is 0 Å². The Hall–Kier alpha value is -2.56. The van der Waals surface area contributed by atoms with Gasteiger partial charge in [0.1, 0.15) is 0 Å². The maximum Gasteiger partial charge on any atom is 0.199 e. The number of hydrogen-bond acceptors (Lipinski definition) is 4. The highest BCUT2D eigenvalue weighted by Crippen LogP contribution is 2.25. The number of allylic oxidation sites excluding steroid dienone is 1. The lowest BCUT2D eigenvalue weighted by atomic mass is 10.0. The number of halogens is 2. The molecular formula is C19H14Cl2N2O2. The smallest absolute Gasteiger partial charge is 0.199 e. The number of benzene rings is 2. The molecule has 1 heterocycles. The van der Waals surface area contributed by atoms with Gasteiger partial charge in [-0.3, -0.25) is 4.79 Å². The Bertz CT molecular complexity index is 931. The highest BCUT2D eigenvalue weighted by atomic mass is 35.5. The van der Waals surface area contributed by atoms with Gasteiger partial charge >= 0.3 is 0 Å². The standard InChI is InChI=1S/C19H14Cl2N2O2/c1-12-10-18(25-23-12)16(11-22-14-8-6-13(20)7-9-14)19(24)15-4-2-3-5-17(15)21/h2-11,22H,1H3. The van der Waals surface area contributed by atoms with Crippen LogP contribution in [0.5, 0.6) is 0 Å². The fourth-order valence-electron chi connectivity index (χ4n) is 2.23. The largest absolute Gasteiger partial charge is 0.361 e. The summed E-state index contributed by atoms with van der Waals surface area (Å²) in [6, 6.07) is 15.7. The van der Waals surface area contributed by atoms with Crippen LogP contribution in [0.1, 0.15) is 21.8 Å². The molecule has 0 spiro atoms. The van der Waals surface area contributed by atoms with Crippen molar-refractivity contribution in [2.45, 2.75) is 6.92 Å². The number of carbonyl (C=O) groups excluding carboxylic acids is 1. The third kappa shape index (κ3) is 4.10. The molecule has 1 aromatic heterocycles. The normalized spacial score (nSPS) is 11.4. The summed E-state index contributed by atoms with van der Waals surface area (Å²) in [5.41, 5.74) is 2.18. The number of ketones is 1. The van der Waals surface area contributed by atoms with Crippen LogP contribution in [-0.2, 0) is 0 Å². The van der Waals surface area contributed by atoms with Gasteiger partial charge in [-0.25, -0.2) is 0 Å². The molecule has 1 N–H and O–H groups in total. The molecular weight excluding hydrogens is 359 g/mol. The summed E-state index contributed by atoms with van der Waals surface area (Å²) in [5.74, 6) is 0.104. The van der Waals surface area contributed by atoms with Crippen molar-refractivity contribution in [2.75, 3.05) is 5.32 Å². The second-order valence-corrected chi connectivity index (χ2v) is 6.19. The van der Waals surface area contributed by atoms with Crippen LogP contribution in [0.3, 0.4) is 0 Å². The van der Waals surface area contributed by atoms with Gasteiger partial charge in [-0.05, 0) is 43.3 Å². The van der Waals surface area contributed by atoms with E-state index in [0.29, 0.717) is 32.6 Å². The number of nitrogens with one attached hydrogen (secondary N) is 1. The van der Waals surface area contributed by atoms with Crippen LogP contribution in [0.2, 0.25) is 10.0 Å². The van der Waals surface area contributed by atoms with Crippen LogP contribution in [-0.4, -0.2) is 10.9 Å². The Balaban J connectivity index is 1.98. The van der Waals surface area contributed by atoms with Crippen LogP contribution in [0.15, 0.2) is 65.3 Å². The van der Waals surface area contributed by atoms with Gasteiger partial charge in [0, 0.05) is 28.5 Å². The van der Waals surface area contributed by atoms with Crippen molar-refractivity contribution in [2.24, 2.45) is 0 Å². The van der Waals surface area contributed by atoms with Crippen LogP contribution in [0, 0.1) is 6.92 Å². The first kappa shape index (κ1) is 17.3. The number of carbonyl (C=O) groups is 1. The fraction of sp³-hybridized carbons (Fsp3) is 0.0526. The Morgan fingerprint density at radius 2 is 1.84 bits per heavy atom. The summed E-state index contributed by atoms with van der Waals surface area (Å²) in [7, 11) is 0. The molecule has 0 amide bonds. The number of hydrogen-bond donors (Lipinski definition) is 1. The third-order valence-electron chi connectivity index (χ3n) is 3.48. The summed E-state index contributed by atoms with van der Waals surface area (Å²) in [6.07, 6.45) is 1.58. The van der Waals surface area contributed by atoms with E-state index in [2.05, 4.69) is 10.5 Å². The lowest BCUT2D eigenvalue weighted by molar-refractivity contribution is 0.105. The van der Waals surface area contributed by atoms with Crippen molar-refractivity contribution < 1.29 is 9.32 Å². The minimum atomic E-state index is -0.261. The van der Waals surface area contributed by atoms with E-state index in [9.17, 15) is 4.79 Å². The molecule has 0 aliphatic heterocycles. The van der Waals surface area contributed by atoms with Gasteiger partial charge in [-0.2, -0.15) is 0 Å². The van der Waals surface area contributed by atoms with Crippen LogP contribution < -0.4 is 5.32 Å². The number of nitrogens with zero attached hydrogens (tertiary/aromatic N) is 1. The molecule has 0 radical (unpaired) electrons. The first-order valence-electron chi connectivity index (χ1n) is 7.50. The van der Waals surface area contributed by atoms with Crippen molar-refractivity contribution >= 4 is 40.2 Å². The number of aromatic nitrogens is 1. The van der Waals surface area contributed by atoms with Gasteiger partial charge in [0.15, 0.2) is 11.5 Å². The van der Waals surface area contributed by atoms with E-state index in [1.165, 1.54) is 0 Å². The average molecular weight is 373 g/mol. The van der Waals surface area contributed by atoms with E-state index in [1.807, 2.05) is 12.1 Å². The maximum absolute atomic E-state index is 12.9. The van der Waals surface area contributed by atoms with E-state index in [4.69, 9.17) is 27.7 Å². The number of aryl methyl sites for hydroxylation is 1. The third-order valence-corrected chi connectivity index (χ3v) is 4.07. The zero-order valence-electron chi connectivity index (χ0n) is 13.3. The van der Waals surface area contributed by atoms with Crippen LogP contribution >= 0.6 is 23.2 Å². The molecule has 0 unspecified atom stereocenters. The molecule has 0 saturated carbocycles. The van der Waals surface area contributed by atoms with Gasteiger partial charge < -0.3 is 9.84 Å². The molecule has 0 aliphatic carbocycles. The second-order valence-electron chi connectivity index (χ2n) is 5.35. The molecule has 0 atom stereocenters. The van der Waals surface area contributed by atoms with Gasteiger partial charge in [-0.1, -0.05) is 40.5 Å². The summed E-state index contributed by atoms with van der Waals surface area (Å²) in [4.78, 5) is 12.9. The number of anilines is 1. The summed E-state index contributed by atoms with van der Waals surface area (Å²) in [6.45, 7) is 1.79. The second kappa shape index (κ2) is 7.55. The predicted octanol–water partition coefficient (Wildman–Crippen LogP) is 5.63. The maximum atomic E-state index is 12.9. The van der Waals surface area contributed by atoms with Crippen molar-refractivity contribution in [1.82, 2.24) is 5.16 Å². The van der Waals surface area contributed by atoms with Gasteiger partial charge in [-0.15, -0.1) is 0 Å². The minimum Gasteiger partial charge on any atom is -0.361 e. The van der Waals surface area contributed by atoms with Gasteiger partial charge in [0.25, 0.3) is 0 Å². The zero-order chi connectivity index (χ0) is 17.8. The first-order valence-corrected chi connectivity index (χ1v) is 8.25. The monoisotopic (exact) mass is 372 g/mol. The van der Waals surface area contributed by atoms with Crippen molar-refractivity contribution in [3.05, 3.63) is 87.9 Å². The van der Waals surface area contributed by atoms with Crippen molar-refractivity contribution in [3.8, 4) is 0 Å². The van der Waals surface area contributed by atoms with E-state index >= 15 is 0 Å². The molecule has 0 bridgehead atoms. The minimum absolute atomic E-state index is 0.261. The lowest BCUT2D eigenvalue weighted by Gasteiger charge is -2.07. The van der Waals surface area contributed by atoms with E-state index in [0.717, 1.165) is 5.69 Å². The predicted molar refractivity (Wildman–Crippen MR) is 100 cm³/mol. The highest BCUT2D eigenvalue weighted by molar-refractivity contribution is 6.38. The summed E-state index contributed by atoms with van der Waals surface area (Å²) < 4.78 is 5.27. The molecule has 126 valence electrons. The number of rotatable bonds is 5. The van der Waals surface area contributed by atoms with Gasteiger partial charge in [0.05, 0.1) is 16.3 Å². The molecule has 25 heavy (non-hydrogen) atoms. The summed E-state index contributed by atoms with van der Waals surface area (Å²) in [5, 5.41) is 7.94. The molecule has 6 heteroatoms. The SMILES string of the molecule is Cc1cc(C(=CNc2ccc(Cl)cc2)C(=O)c2ccccc2Cl)on1. The summed E-state index contributed by atoms with van der Waals surface area (Å²) >= 11 is 12.0. The zero-order valence-corrected chi connectivity index (χ0v) is 14.8. The first-order chi connectivity index (χ1) is 12.0. The molecule has 0 saturated heterocycles. The Kier molecular flexibility index (Phi) is 5.22. The topological polar surface area (TPSA) is 55.1 Å². The highest BCUT2D eigenvalue weighted by Gasteiger charge is 2.20. The van der Waals surface area contributed by atoms with Gasteiger partial charge in [0.2, 0.25) is 0 Å². The average Bonchev–Trinajstić information content (AvgIpc) is 3.03. The molecule has 0 aliphatic rings. The molecule has 3 aromatic rings. The molecule has 2 aromatic carbocycles. The van der Waals surface area contributed by atoms with Crippen molar-refractivity contribution in [3.63, 3.8) is 0 Å². The fourth-order valence-corrected chi connectivity index (χ4v) is 2.58. The Morgan fingerprint density at radius 3 is 2.48 bits per heavy atom. The van der Waals surface area contributed by atoms with Crippen LogP contribution in [0.4, 0.5) is 5.69 Å².